The maximum Gasteiger partial charge on any atom is 0.326 e. The number of rotatable bonds is 11. The molecule has 7 heteroatoms. The molecule has 41 heavy (non-hydrogen) atoms. The van der Waals surface area contributed by atoms with E-state index in [-0.39, 0.29) is 23.4 Å². The number of unbranched alkanes of at least 4 members (excludes halogenated alkanes) is 1. The molecule has 2 aromatic carbocycles. The van der Waals surface area contributed by atoms with Crippen LogP contribution in [0.4, 0.5) is 16.2 Å². The molecule has 4 aromatic rings. The molecule has 2 heterocycles. The van der Waals surface area contributed by atoms with Crippen LogP contribution in [-0.2, 0) is 0 Å². The van der Waals surface area contributed by atoms with Crippen LogP contribution in [0.3, 0.4) is 0 Å². The minimum atomic E-state index is -0.337. The van der Waals surface area contributed by atoms with Crippen LogP contribution >= 0.6 is 0 Å². The summed E-state index contributed by atoms with van der Waals surface area (Å²) in [6.07, 6.45) is 4.24. The van der Waals surface area contributed by atoms with Crippen LogP contribution in [-0.4, -0.2) is 29.2 Å². The number of H-pyrrole nitrogens is 1. The van der Waals surface area contributed by atoms with Crippen molar-refractivity contribution in [3.05, 3.63) is 82.3 Å². The SMILES string of the molecule is CCCCN(C(=O)Nc1c(C(C)C)cc(-c2cccc(OCCC)c2)cc1C(C)C)c1cc2cccnc2[nH]c1=O. The van der Waals surface area contributed by atoms with E-state index in [0.717, 1.165) is 58.3 Å². The van der Waals surface area contributed by atoms with Gasteiger partial charge in [-0.3, -0.25) is 9.69 Å². The van der Waals surface area contributed by atoms with Crippen molar-refractivity contribution in [1.29, 1.82) is 0 Å². The molecule has 0 unspecified atom stereocenters. The number of anilines is 2. The van der Waals surface area contributed by atoms with Gasteiger partial charge in [-0.05, 0) is 89.4 Å². The Labute approximate surface area is 243 Å². The lowest BCUT2D eigenvalue weighted by Crippen LogP contribution is -2.39. The molecule has 2 N–H and O–H groups in total. The van der Waals surface area contributed by atoms with Crippen LogP contribution in [0.1, 0.15) is 83.8 Å². The lowest BCUT2D eigenvalue weighted by Gasteiger charge is -2.27. The van der Waals surface area contributed by atoms with Crippen molar-refractivity contribution in [2.75, 3.05) is 23.4 Å². The van der Waals surface area contributed by atoms with E-state index >= 15 is 0 Å². The maximum atomic E-state index is 14.0. The highest BCUT2D eigenvalue weighted by atomic mass is 16.5. The van der Waals surface area contributed by atoms with E-state index in [9.17, 15) is 9.59 Å². The molecule has 216 valence electrons. The van der Waals surface area contributed by atoms with Crippen molar-refractivity contribution in [1.82, 2.24) is 9.97 Å². The molecular formula is C34H42N4O3. The Kier molecular flexibility index (Phi) is 9.82. The van der Waals surface area contributed by atoms with Crippen molar-refractivity contribution in [3.63, 3.8) is 0 Å². The second kappa shape index (κ2) is 13.5. The van der Waals surface area contributed by atoms with Gasteiger partial charge in [0.15, 0.2) is 0 Å². The topological polar surface area (TPSA) is 87.3 Å². The fourth-order valence-corrected chi connectivity index (χ4v) is 4.94. The smallest absolute Gasteiger partial charge is 0.326 e. The zero-order valence-corrected chi connectivity index (χ0v) is 25.1. The average molecular weight is 555 g/mol. The number of ether oxygens (including phenoxy) is 1. The Bertz CT molecular complexity index is 1530. The predicted molar refractivity (Wildman–Crippen MR) is 169 cm³/mol. The number of carbonyl (C=O) groups is 1. The molecule has 4 rings (SSSR count). The van der Waals surface area contributed by atoms with Crippen LogP contribution in [0, 0.1) is 0 Å². The summed E-state index contributed by atoms with van der Waals surface area (Å²) in [5.41, 5.74) is 5.53. The summed E-state index contributed by atoms with van der Waals surface area (Å²) in [6, 6.07) is 17.6. The van der Waals surface area contributed by atoms with Gasteiger partial charge in [-0.2, -0.15) is 0 Å². The fourth-order valence-electron chi connectivity index (χ4n) is 4.94. The number of hydrogen-bond donors (Lipinski definition) is 2. The third kappa shape index (κ3) is 6.96. The Morgan fingerprint density at radius 2 is 1.68 bits per heavy atom. The standard InChI is InChI=1S/C34H42N4O3/c1-7-9-16-38(30-21-25-13-11-15-35-32(25)37-33(30)39)34(40)36-31-28(22(3)4)19-26(20-29(31)23(5)6)24-12-10-14-27(18-24)41-17-8-2/h10-15,18-23H,7-9,16-17H2,1-6H3,(H,36,40)(H,35,37,39). The predicted octanol–water partition coefficient (Wildman–Crippen LogP) is 8.46. The maximum absolute atomic E-state index is 14.0. The van der Waals surface area contributed by atoms with Gasteiger partial charge in [0.25, 0.3) is 5.56 Å². The molecule has 0 saturated carbocycles. The molecule has 0 aliphatic rings. The lowest BCUT2D eigenvalue weighted by molar-refractivity contribution is 0.256. The van der Waals surface area contributed by atoms with Crippen LogP contribution in [0.15, 0.2) is 65.6 Å². The molecule has 0 fully saturated rings. The number of fused-ring (bicyclic) bond motifs is 1. The van der Waals surface area contributed by atoms with E-state index in [2.05, 4.69) is 81.1 Å². The summed E-state index contributed by atoms with van der Waals surface area (Å²) >= 11 is 0. The number of urea groups is 1. The molecular weight excluding hydrogens is 512 g/mol. The Hall–Kier alpha value is -4.13. The second-order valence-corrected chi connectivity index (χ2v) is 11.1. The second-order valence-electron chi connectivity index (χ2n) is 11.1. The zero-order valence-electron chi connectivity index (χ0n) is 25.1. The number of pyridine rings is 2. The first-order chi connectivity index (χ1) is 19.7. The molecule has 7 nitrogen and oxygen atoms in total. The molecule has 2 amide bonds. The van der Waals surface area contributed by atoms with Crippen LogP contribution in [0.5, 0.6) is 5.75 Å². The first-order valence-corrected chi connectivity index (χ1v) is 14.7. The third-order valence-electron chi connectivity index (χ3n) is 7.18. The summed E-state index contributed by atoms with van der Waals surface area (Å²) in [7, 11) is 0. The van der Waals surface area contributed by atoms with Crippen LogP contribution < -0.4 is 20.5 Å². The Morgan fingerprint density at radius 1 is 0.951 bits per heavy atom. The van der Waals surface area contributed by atoms with Crippen molar-refractivity contribution in [2.24, 2.45) is 0 Å². The number of benzene rings is 2. The van der Waals surface area contributed by atoms with Crippen LogP contribution in [0.2, 0.25) is 0 Å². The number of hydrogen-bond acceptors (Lipinski definition) is 4. The number of aromatic amines is 1. The van der Waals surface area contributed by atoms with Gasteiger partial charge in [-0.1, -0.05) is 60.1 Å². The highest BCUT2D eigenvalue weighted by molar-refractivity contribution is 6.03. The van der Waals surface area contributed by atoms with E-state index in [1.165, 1.54) is 0 Å². The molecule has 0 aliphatic heterocycles. The van der Waals surface area contributed by atoms with E-state index in [1.807, 2.05) is 24.3 Å². The first-order valence-electron chi connectivity index (χ1n) is 14.7. The number of aromatic nitrogens is 2. The van der Waals surface area contributed by atoms with Gasteiger partial charge >= 0.3 is 6.03 Å². The van der Waals surface area contributed by atoms with E-state index in [0.29, 0.717) is 24.5 Å². The number of nitrogens with one attached hydrogen (secondary N) is 2. The summed E-state index contributed by atoms with van der Waals surface area (Å²) < 4.78 is 5.89. The van der Waals surface area contributed by atoms with E-state index in [1.54, 1.807) is 17.2 Å². The highest BCUT2D eigenvalue weighted by Crippen LogP contribution is 2.38. The average Bonchev–Trinajstić information content (AvgIpc) is 2.96. The summed E-state index contributed by atoms with van der Waals surface area (Å²) in [6.45, 7) is 13.8. The summed E-state index contributed by atoms with van der Waals surface area (Å²) in [5, 5.41) is 4.01. The lowest BCUT2D eigenvalue weighted by atomic mass is 9.88. The molecule has 0 aliphatic carbocycles. The molecule has 0 saturated heterocycles. The van der Waals surface area contributed by atoms with Crippen LogP contribution in [0.25, 0.3) is 22.2 Å². The van der Waals surface area contributed by atoms with Gasteiger partial charge in [0.05, 0.1) is 6.61 Å². The first kappa shape index (κ1) is 29.8. The van der Waals surface area contributed by atoms with Crippen molar-refractivity contribution >= 4 is 28.4 Å². The quantitative estimate of drug-likeness (QED) is 0.195. The zero-order chi connectivity index (χ0) is 29.5. The fraction of sp³-hybridized carbons (Fsp3) is 0.382. The summed E-state index contributed by atoms with van der Waals surface area (Å²) in [5.74, 6) is 1.16. The minimum Gasteiger partial charge on any atom is -0.494 e. The molecule has 0 spiro atoms. The normalized spacial score (nSPS) is 11.3. The number of carbonyl (C=O) groups excluding carboxylic acids is 1. The highest BCUT2D eigenvalue weighted by Gasteiger charge is 2.24. The molecule has 0 bridgehead atoms. The largest absolute Gasteiger partial charge is 0.494 e. The van der Waals surface area contributed by atoms with E-state index in [4.69, 9.17) is 4.74 Å². The number of nitrogens with zero attached hydrogens (tertiary/aromatic N) is 2. The Morgan fingerprint density at radius 3 is 2.34 bits per heavy atom. The van der Waals surface area contributed by atoms with Gasteiger partial charge < -0.3 is 15.0 Å². The molecule has 2 aromatic heterocycles. The third-order valence-corrected chi connectivity index (χ3v) is 7.18. The molecule has 0 atom stereocenters. The minimum absolute atomic E-state index is 0.154. The van der Waals surface area contributed by atoms with Gasteiger partial charge in [-0.15, -0.1) is 0 Å². The van der Waals surface area contributed by atoms with Gasteiger partial charge in [-0.25, -0.2) is 9.78 Å². The van der Waals surface area contributed by atoms with Gasteiger partial charge in [0.2, 0.25) is 0 Å². The molecule has 0 radical (unpaired) electrons. The van der Waals surface area contributed by atoms with Gasteiger partial charge in [0, 0.05) is 23.8 Å². The van der Waals surface area contributed by atoms with Crippen molar-refractivity contribution in [2.45, 2.75) is 72.6 Å². The number of amides is 2. The summed E-state index contributed by atoms with van der Waals surface area (Å²) in [4.78, 5) is 35.7. The van der Waals surface area contributed by atoms with E-state index < -0.39 is 0 Å². The Balaban J connectivity index is 1.77. The van der Waals surface area contributed by atoms with Crippen molar-refractivity contribution in [3.8, 4) is 16.9 Å². The van der Waals surface area contributed by atoms with Crippen molar-refractivity contribution < 1.29 is 9.53 Å². The monoisotopic (exact) mass is 554 g/mol. The van der Waals surface area contributed by atoms with Gasteiger partial charge in [0.1, 0.15) is 17.1 Å².